The minimum absolute atomic E-state index is 0.0301. The van der Waals surface area contributed by atoms with E-state index < -0.39 is 0 Å². The average molecular weight is 377 g/mol. The molecule has 146 valence electrons. The van der Waals surface area contributed by atoms with Crippen molar-refractivity contribution in [2.75, 3.05) is 13.7 Å². The number of hydrogen-bond acceptors (Lipinski definition) is 4. The van der Waals surface area contributed by atoms with Gasteiger partial charge in [0.15, 0.2) is 0 Å². The fraction of sp³-hybridized carbons (Fsp3) is 0.391. The van der Waals surface area contributed by atoms with E-state index in [1.807, 2.05) is 36.4 Å². The minimum Gasteiger partial charge on any atom is -0.497 e. The van der Waals surface area contributed by atoms with Gasteiger partial charge < -0.3 is 9.72 Å². The quantitative estimate of drug-likeness (QED) is 0.721. The molecule has 28 heavy (non-hydrogen) atoms. The van der Waals surface area contributed by atoms with Gasteiger partial charge in [0.25, 0.3) is 5.56 Å². The first-order chi connectivity index (χ1) is 13.7. The Morgan fingerprint density at radius 3 is 2.68 bits per heavy atom. The summed E-state index contributed by atoms with van der Waals surface area (Å²) in [4.78, 5) is 22.8. The summed E-state index contributed by atoms with van der Waals surface area (Å²) in [6, 6.07) is 16.2. The van der Waals surface area contributed by atoms with Crippen LogP contribution >= 0.6 is 0 Å². The average Bonchev–Trinajstić information content (AvgIpc) is 2.99. The van der Waals surface area contributed by atoms with E-state index in [1.165, 1.54) is 18.4 Å². The molecule has 2 atom stereocenters. The number of methoxy groups -OCH3 is 1. The second kappa shape index (κ2) is 8.15. The van der Waals surface area contributed by atoms with Crippen LogP contribution in [-0.4, -0.2) is 28.5 Å². The van der Waals surface area contributed by atoms with Crippen molar-refractivity contribution in [2.24, 2.45) is 0 Å². The Kier molecular flexibility index (Phi) is 5.44. The molecule has 0 unspecified atom stereocenters. The van der Waals surface area contributed by atoms with Gasteiger partial charge in [-0.05, 0) is 56.1 Å². The van der Waals surface area contributed by atoms with Gasteiger partial charge in [0.05, 0.1) is 24.1 Å². The predicted molar refractivity (Wildman–Crippen MR) is 112 cm³/mol. The molecule has 0 amide bonds. The molecule has 1 aliphatic rings. The van der Waals surface area contributed by atoms with Crippen molar-refractivity contribution in [3.8, 4) is 5.75 Å². The van der Waals surface area contributed by atoms with E-state index in [0.29, 0.717) is 11.4 Å². The van der Waals surface area contributed by atoms with Crippen LogP contribution in [0.3, 0.4) is 0 Å². The van der Waals surface area contributed by atoms with Crippen molar-refractivity contribution >= 4 is 10.9 Å². The number of nitrogens with one attached hydrogen (secondary N) is 1. The number of nitrogens with zero attached hydrogens (tertiary/aromatic N) is 2. The van der Waals surface area contributed by atoms with E-state index in [1.54, 1.807) is 7.11 Å². The van der Waals surface area contributed by atoms with Crippen LogP contribution < -0.4 is 10.3 Å². The molecule has 1 aromatic heterocycles. The molecule has 1 fully saturated rings. The molecule has 2 aromatic carbocycles. The number of para-hydroxylation sites is 1. The molecule has 1 aliphatic heterocycles. The summed E-state index contributed by atoms with van der Waals surface area (Å²) in [5.74, 6) is 1.61. The SMILES string of the molecule is COc1ccc([C@H]2CCCCCN2[C@@H](C)c2nc3ccccc3c(=O)[nH]2)cc1. The molecule has 0 radical (unpaired) electrons. The fourth-order valence-electron chi connectivity index (χ4n) is 4.24. The highest BCUT2D eigenvalue weighted by Gasteiger charge is 2.28. The van der Waals surface area contributed by atoms with Crippen molar-refractivity contribution < 1.29 is 4.74 Å². The molecular weight excluding hydrogens is 350 g/mol. The molecule has 0 spiro atoms. The summed E-state index contributed by atoms with van der Waals surface area (Å²) in [5, 5.41) is 0.640. The van der Waals surface area contributed by atoms with Gasteiger partial charge >= 0.3 is 0 Å². The molecular formula is C23H27N3O2. The van der Waals surface area contributed by atoms with Gasteiger partial charge in [0.1, 0.15) is 11.6 Å². The van der Waals surface area contributed by atoms with Crippen LogP contribution in [0.15, 0.2) is 53.3 Å². The normalized spacial score (nSPS) is 19.3. The summed E-state index contributed by atoms with van der Waals surface area (Å²) in [5.41, 5.74) is 1.98. The maximum absolute atomic E-state index is 12.5. The highest BCUT2D eigenvalue weighted by atomic mass is 16.5. The third-order valence-corrected chi connectivity index (χ3v) is 5.82. The van der Waals surface area contributed by atoms with Crippen LogP contribution in [0, 0.1) is 0 Å². The lowest BCUT2D eigenvalue weighted by molar-refractivity contribution is 0.141. The highest BCUT2D eigenvalue weighted by Crippen LogP contribution is 2.36. The first-order valence-corrected chi connectivity index (χ1v) is 10.1. The molecule has 5 nitrogen and oxygen atoms in total. The Hall–Kier alpha value is -2.66. The van der Waals surface area contributed by atoms with Crippen LogP contribution in [0.4, 0.5) is 0 Å². The zero-order valence-electron chi connectivity index (χ0n) is 16.5. The summed E-state index contributed by atoms with van der Waals surface area (Å²) in [6.45, 7) is 3.14. The number of aromatic amines is 1. The standard InChI is InChI=1S/C23H27N3O2/c1-16(22-24-20-9-6-5-8-19(20)23(27)25-22)26-15-7-3-4-10-21(26)17-11-13-18(28-2)14-12-17/h5-6,8-9,11-14,16,21H,3-4,7,10,15H2,1-2H3,(H,24,25,27)/t16-,21+/m0/s1. The van der Waals surface area contributed by atoms with E-state index in [9.17, 15) is 4.79 Å². The van der Waals surface area contributed by atoms with Gasteiger partial charge in [-0.25, -0.2) is 4.98 Å². The van der Waals surface area contributed by atoms with Crippen molar-refractivity contribution in [3.05, 3.63) is 70.3 Å². The zero-order chi connectivity index (χ0) is 19.5. The van der Waals surface area contributed by atoms with Gasteiger partial charge in [-0.1, -0.05) is 37.1 Å². The summed E-state index contributed by atoms with van der Waals surface area (Å²) >= 11 is 0. The molecule has 1 N–H and O–H groups in total. The Morgan fingerprint density at radius 1 is 1.11 bits per heavy atom. The summed E-state index contributed by atoms with van der Waals surface area (Å²) < 4.78 is 5.32. The lowest BCUT2D eigenvalue weighted by atomic mass is 9.99. The molecule has 4 rings (SSSR count). The molecule has 0 saturated carbocycles. The molecule has 0 bridgehead atoms. The Balaban J connectivity index is 1.70. The number of rotatable bonds is 4. The first kappa shape index (κ1) is 18.7. The lowest BCUT2D eigenvalue weighted by Crippen LogP contribution is -2.33. The number of benzene rings is 2. The second-order valence-corrected chi connectivity index (χ2v) is 7.52. The molecule has 0 aliphatic carbocycles. The van der Waals surface area contributed by atoms with E-state index >= 15 is 0 Å². The smallest absolute Gasteiger partial charge is 0.258 e. The number of hydrogen-bond donors (Lipinski definition) is 1. The zero-order valence-corrected chi connectivity index (χ0v) is 16.5. The monoisotopic (exact) mass is 377 g/mol. The molecule has 3 aromatic rings. The fourth-order valence-corrected chi connectivity index (χ4v) is 4.24. The van der Waals surface area contributed by atoms with Crippen LogP contribution in [0.1, 0.15) is 56.1 Å². The first-order valence-electron chi connectivity index (χ1n) is 10.1. The van der Waals surface area contributed by atoms with E-state index in [4.69, 9.17) is 9.72 Å². The van der Waals surface area contributed by atoms with Gasteiger partial charge in [0, 0.05) is 6.04 Å². The van der Waals surface area contributed by atoms with Crippen molar-refractivity contribution in [2.45, 2.75) is 44.7 Å². The number of H-pyrrole nitrogens is 1. The van der Waals surface area contributed by atoms with Gasteiger partial charge in [0.2, 0.25) is 0 Å². The lowest BCUT2D eigenvalue weighted by Gasteiger charge is -2.35. The van der Waals surface area contributed by atoms with Gasteiger partial charge in [-0.3, -0.25) is 9.69 Å². The Bertz CT molecular complexity index is 997. The number of ether oxygens (including phenoxy) is 1. The van der Waals surface area contributed by atoms with Gasteiger partial charge in [-0.2, -0.15) is 0 Å². The van der Waals surface area contributed by atoms with E-state index in [0.717, 1.165) is 36.5 Å². The largest absolute Gasteiger partial charge is 0.497 e. The summed E-state index contributed by atoms with van der Waals surface area (Å²) in [7, 11) is 1.69. The predicted octanol–water partition coefficient (Wildman–Crippen LogP) is 4.61. The maximum Gasteiger partial charge on any atom is 0.258 e. The number of likely N-dealkylation sites (tertiary alicyclic amines) is 1. The third kappa shape index (κ3) is 3.67. The van der Waals surface area contributed by atoms with Crippen LogP contribution in [0.5, 0.6) is 5.75 Å². The second-order valence-electron chi connectivity index (χ2n) is 7.52. The van der Waals surface area contributed by atoms with Crippen molar-refractivity contribution in [1.29, 1.82) is 0 Å². The van der Waals surface area contributed by atoms with Gasteiger partial charge in [-0.15, -0.1) is 0 Å². The molecule has 2 heterocycles. The van der Waals surface area contributed by atoms with E-state index in [-0.39, 0.29) is 11.6 Å². The maximum atomic E-state index is 12.5. The van der Waals surface area contributed by atoms with Crippen LogP contribution in [0.25, 0.3) is 10.9 Å². The Morgan fingerprint density at radius 2 is 1.89 bits per heavy atom. The van der Waals surface area contributed by atoms with Crippen molar-refractivity contribution in [3.63, 3.8) is 0 Å². The van der Waals surface area contributed by atoms with Crippen molar-refractivity contribution in [1.82, 2.24) is 14.9 Å². The van der Waals surface area contributed by atoms with Crippen LogP contribution in [0.2, 0.25) is 0 Å². The third-order valence-electron chi connectivity index (χ3n) is 5.82. The molecule has 1 saturated heterocycles. The number of fused-ring (bicyclic) bond motifs is 1. The van der Waals surface area contributed by atoms with E-state index in [2.05, 4.69) is 28.9 Å². The Labute approximate surface area is 165 Å². The summed E-state index contributed by atoms with van der Waals surface area (Å²) in [6.07, 6.45) is 4.71. The van der Waals surface area contributed by atoms with Crippen LogP contribution in [-0.2, 0) is 0 Å². The highest BCUT2D eigenvalue weighted by molar-refractivity contribution is 5.77. The minimum atomic E-state index is -0.0664. The molecule has 5 heteroatoms. The number of aromatic nitrogens is 2. The topological polar surface area (TPSA) is 58.2 Å².